The van der Waals surface area contributed by atoms with Crippen LogP contribution in [0.15, 0.2) is 71.8 Å². The maximum atomic E-state index is 12.5. The van der Waals surface area contributed by atoms with E-state index >= 15 is 0 Å². The van der Waals surface area contributed by atoms with E-state index in [1.165, 1.54) is 12.3 Å². The normalized spacial score (nSPS) is 10.7. The number of nitro benzene ring substituents is 1. The first-order valence-corrected chi connectivity index (χ1v) is 9.37. The highest BCUT2D eigenvalue weighted by atomic mass is 35.5. The summed E-state index contributed by atoms with van der Waals surface area (Å²) in [7, 11) is 0. The molecule has 3 rings (SSSR count). The van der Waals surface area contributed by atoms with Gasteiger partial charge in [-0.2, -0.15) is 5.10 Å². The molecule has 0 unspecified atom stereocenters. The minimum absolute atomic E-state index is 0.0106. The number of carbonyl (C=O) groups is 1. The van der Waals surface area contributed by atoms with E-state index in [4.69, 9.17) is 16.3 Å². The molecule has 0 bridgehead atoms. The number of ether oxygens (including phenoxy) is 1. The van der Waals surface area contributed by atoms with Crippen LogP contribution in [0.25, 0.3) is 0 Å². The summed E-state index contributed by atoms with van der Waals surface area (Å²) >= 11 is 6.14. The van der Waals surface area contributed by atoms with Crippen molar-refractivity contribution in [1.82, 2.24) is 5.43 Å². The molecule has 0 spiro atoms. The van der Waals surface area contributed by atoms with Crippen molar-refractivity contribution in [2.45, 2.75) is 13.5 Å². The summed E-state index contributed by atoms with van der Waals surface area (Å²) in [6.07, 6.45) is 1.34. The van der Waals surface area contributed by atoms with Crippen molar-refractivity contribution < 1.29 is 14.5 Å². The second-order valence-corrected chi connectivity index (χ2v) is 6.79. The molecule has 0 atom stereocenters. The maximum absolute atomic E-state index is 12.5. The predicted octanol–water partition coefficient (Wildman–Crippen LogP) is 4.90. The number of amides is 1. The Morgan fingerprint density at radius 1 is 1.17 bits per heavy atom. The Hall–Kier alpha value is -3.71. The van der Waals surface area contributed by atoms with Crippen LogP contribution in [0.2, 0.25) is 5.02 Å². The van der Waals surface area contributed by atoms with Crippen LogP contribution >= 0.6 is 11.6 Å². The van der Waals surface area contributed by atoms with Gasteiger partial charge in [-0.15, -0.1) is 0 Å². The van der Waals surface area contributed by atoms with Crippen molar-refractivity contribution in [3.8, 4) is 5.75 Å². The van der Waals surface area contributed by atoms with E-state index in [0.29, 0.717) is 27.5 Å². The van der Waals surface area contributed by atoms with Gasteiger partial charge in [-0.3, -0.25) is 14.9 Å². The quantitative estimate of drug-likeness (QED) is 0.332. The van der Waals surface area contributed by atoms with E-state index < -0.39 is 10.8 Å². The summed E-state index contributed by atoms with van der Waals surface area (Å²) in [5.41, 5.74) is 4.55. The lowest BCUT2D eigenvalue weighted by atomic mass is 10.1. The van der Waals surface area contributed by atoms with E-state index in [-0.39, 0.29) is 12.3 Å². The number of aryl methyl sites for hydroxylation is 1. The molecule has 7 nitrogen and oxygen atoms in total. The minimum atomic E-state index is -0.470. The van der Waals surface area contributed by atoms with Crippen molar-refractivity contribution >= 4 is 29.4 Å². The van der Waals surface area contributed by atoms with Gasteiger partial charge >= 0.3 is 0 Å². The summed E-state index contributed by atoms with van der Waals surface area (Å²) in [6, 6.07) is 18.8. The number of rotatable bonds is 7. The van der Waals surface area contributed by atoms with Crippen LogP contribution in [-0.2, 0) is 6.61 Å². The van der Waals surface area contributed by atoms with Gasteiger partial charge in [-0.05, 0) is 25.1 Å². The first-order chi connectivity index (χ1) is 14.5. The number of nitrogens with one attached hydrogen (secondary N) is 1. The van der Waals surface area contributed by atoms with Crippen LogP contribution in [0.4, 0.5) is 5.69 Å². The van der Waals surface area contributed by atoms with Crippen LogP contribution in [0.5, 0.6) is 5.75 Å². The highest BCUT2D eigenvalue weighted by molar-refractivity contribution is 6.31. The van der Waals surface area contributed by atoms with Crippen molar-refractivity contribution in [3.63, 3.8) is 0 Å². The number of benzene rings is 3. The Balaban J connectivity index is 1.69. The monoisotopic (exact) mass is 423 g/mol. The van der Waals surface area contributed by atoms with E-state index in [1.807, 2.05) is 18.2 Å². The SMILES string of the molecule is Cc1ccc(/C=N\NC(=O)c2ccccc2OCc2ccccc2Cl)cc1[N+](=O)[O-]. The van der Waals surface area contributed by atoms with Crippen LogP contribution < -0.4 is 10.2 Å². The standard InChI is InChI=1S/C22H18ClN3O4/c1-15-10-11-16(12-20(15)26(28)29)13-24-25-22(27)18-7-3-5-9-21(18)30-14-17-6-2-4-8-19(17)23/h2-13H,14H2,1H3,(H,25,27)/b24-13-. The van der Waals surface area contributed by atoms with Gasteiger partial charge in [-0.1, -0.05) is 54.1 Å². The Kier molecular flexibility index (Phi) is 6.77. The molecule has 152 valence electrons. The molecule has 0 aliphatic rings. The summed E-state index contributed by atoms with van der Waals surface area (Å²) in [5, 5.41) is 15.5. The number of nitro groups is 1. The third-order valence-corrected chi connectivity index (χ3v) is 4.65. The Morgan fingerprint density at radius 2 is 1.90 bits per heavy atom. The van der Waals surface area contributed by atoms with Gasteiger partial charge in [0.25, 0.3) is 11.6 Å². The topological polar surface area (TPSA) is 93.8 Å². The molecule has 3 aromatic rings. The number of nitrogens with zero attached hydrogens (tertiary/aromatic N) is 2. The molecule has 0 radical (unpaired) electrons. The fraction of sp³-hybridized carbons (Fsp3) is 0.0909. The Bertz CT molecular complexity index is 1120. The predicted molar refractivity (Wildman–Crippen MR) is 115 cm³/mol. The molecule has 30 heavy (non-hydrogen) atoms. The fourth-order valence-electron chi connectivity index (χ4n) is 2.68. The summed E-state index contributed by atoms with van der Waals surface area (Å²) in [5.74, 6) is -0.0845. The number of hydrogen-bond donors (Lipinski definition) is 1. The molecule has 0 aliphatic heterocycles. The lowest BCUT2D eigenvalue weighted by Gasteiger charge is -2.11. The first kappa shape index (κ1) is 21.0. The van der Waals surface area contributed by atoms with Crippen LogP contribution in [0, 0.1) is 17.0 Å². The molecule has 0 fully saturated rings. The van der Waals surface area contributed by atoms with Gasteiger partial charge in [0.15, 0.2) is 0 Å². The third-order valence-electron chi connectivity index (χ3n) is 4.28. The maximum Gasteiger partial charge on any atom is 0.275 e. The number of carbonyl (C=O) groups excluding carboxylic acids is 1. The fourth-order valence-corrected chi connectivity index (χ4v) is 2.87. The molecule has 0 heterocycles. The van der Waals surface area contributed by atoms with Crippen molar-refractivity contribution in [2.24, 2.45) is 5.10 Å². The Labute approximate surface area is 178 Å². The molecule has 3 aromatic carbocycles. The van der Waals surface area contributed by atoms with Gasteiger partial charge in [0.05, 0.1) is 16.7 Å². The summed E-state index contributed by atoms with van der Waals surface area (Å²) in [4.78, 5) is 23.1. The van der Waals surface area contributed by atoms with Crippen LogP contribution in [0.1, 0.15) is 27.0 Å². The zero-order valence-corrected chi connectivity index (χ0v) is 16.8. The lowest BCUT2D eigenvalue weighted by molar-refractivity contribution is -0.385. The first-order valence-electron chi connectivity index (χ1n) is 8.99. The van der Waals surface area contributed by atoms with Crippen LogP contribution in [0.3, 0.4) is 0 Å². The van der Waals surface area contributed by atoms with E-state index in [2.05, 4.69) is 10.5 Å². The zero-order valence-electron chi connectivity index (χ0n) is 16.0. The smallest absolute Gasteiger partial charge is 0.275 e. The van der Waals surface area contributed by atoms with E-state index in [9.17, 15) is 14.9 Å². The number of halogens is 1. The van der Waals surface area contributed by atoms with Gasteiger partial charge in [0.2, 0.25) is 0 Å². The van der Waals surface area contributed by atoms with Gasteiger partial charge in [0.1, 0.15) is 12.4 Å². The molecular formula is C22H18ClN3O4. The zero-order chi connectivity index (χ0) is 21.5. The minimum Gasteiger partial charge on any atom is -0.488 e. The molecular weight excluding hydrogens is 406 g/mol. The molecule has 0 saturated carbocycles. The van der Waals surface area contributed by atoms with Gasteiger partial charge in [-0.25, -0.2) is 5.43 Å². The molecule has 1 amide bonds. The second-order valence-electron chi connectivity index (χ2n) is 6.38. The molecule has 8 heteroatoms. The van der Waals surface area contributed by atoms with Gasteiger partial charge < -0.3 is 4.74 Å². The average molecular weight is 424 g/mol. The second kappa shape index (κ2) is 9.67. The van der Waals surface area contributed by atoms with Crippen LogP contribution in [-0.4, -0.2) is 17.0 Å². The lowest BCUT2D eigenvalue weighted by Crippen LogP contribution is -2.18. The highest BCUT2D eigenvalue weighted by Crippen LogP contribution is 2.22. The van der Waals surface area contributed by atoms with Crippen molar-refractivity contribution in [2.75, 3.05) is 0 Å². The van der Waals surface area contributed by atoms with Crippen molar-refractivity contribution in [1.29, 1.82) is 0 Å². The third kappa shape index (κ3) is 5.21. The highest BCUT2D eigenvalue weighted by Gasteiger charge is 2.13. The largest absolute Gasteiger partial charge is 0.488 e. The number of hydrazone groups is 1. The summed E-state index contributed by atoms with van der Waals surface area (Å²) < 4.78 is 5.77. The van der Waals surface area contributed by atoms with E-state index in [0.717, 1.165) is 5.56 Å². The molecule has 0 saturated heterocycles. The number of para-hydroxylation sites is 1. The molecule has 0 aliphatic carbocycles. The average Bonchev–Trinajstić information content (AvgIpc) is 2.74. The number of hydrogen-bond acceptors (Lipinski definition) is 5. The Morgan fingerprint density at radius 3 is 2.67 bits per heavy atom. The molecule has 0 aromatic heterocycles. The van der Waals surface area contributed by atoms with Gasteiger partial charge in [0, 0.05) is 27.8 Å². The molecule has 1 N–H and O–H groups in total. The summed E-state index contributed by atoms with van der Waals surface area (Å²) in [6.45, 7) is 1.86. The van der Waals surface area contributed by atoms with Crippen molar-refractivity contribution in [3.05, 3.63) is 104 Å². The van der Waals surface area contributed by atoms with E-state index in [1.54, 1.807) is 49.4 Å².